The minimum atomic E-state index is 0.507. The Morgan fingerprint density at radius 3 is 2.82 bits per heavy atom. The Bertz CT molecular complexity index is 353. The maximum Gasteiger partial charge on any atom is 0.0671 e. The molecule has 0 unspecified atom stereocenters. The number of allylic oxidation sites excluding steroid dienone is 3. The van der Waals surface area contributed by atoms with Crippen LogP contribution in [-0.4, -0.2) is 12.7 Å². The average Bonchev–Trinajstić information content (AvgIpc) is 2.36. The first-order valence-electron chi connectivity index (χ1n) is 7.18. The molecule has 1 fully saturated rings. The summed E-state index contributed by atoms with van der Waals surface area (Å²) >= 11 is 0. The maximum absolute atomic E-state index is 6.22. The highest BCUT2D eigenvalue weighted by Gasteiger charge is 2.38. The third kappa shape index (κ3) is 2.22. The maximum atomic E-state index is 6.22. The molecule has 1 aliphatic heterocycles. The van der Waals surface area contributed by atoms with E-state index in [2.05, 4.69) is 26.0 Å². The second kappa shape index (κ2) is 4.61. The molecule has 0 aromatic heterocycles. The average molecular weight is 232 g/mol. The van der Waals surface area contributed by atoms with Crippen molar-refractivity contribution in [2.24, 2.45) is 17.8 Å². The summed E-state index contributed by atoms with van der Waals surface area (Å²) in [5.74, 6) is 2.30. The van der Waals surface area contributed by atoms with Gasteiger partial charge in [-0.1, -0.05) is 23.3 Å². The normalized spacial score (nSPS) is 41.8. The lowest BCUT2D eigenvalue weighted by atomic mass is 9.71. The van der Waals surface area contributed by atoms with Crippen LogP contribution in [0.25, 0.3) is 0 Å². The molecule has 0 radical (unpaired) electrons. The Kier molecular flexibility index (Phi) is 3.12. The van der Waals surface area contributed by atoms with E-state index in [9.17, 15) is 0 Å². The lowest BCUT2D eigenvalue weighted by Crippen LogP contribution is -2.42. The van der Waals surface area contributed by atoms with Crippen molar-refractivity contribution in [3.05, 3.63) is 23.3 Å². The van der Waals surface area contributed by atoms with Gasteiger partial charge >= 0.3 is 0 Å². The van der Waals surface area contributed by atoms with Crippen LogP contribution in [0.4, 0.5) is 0 Å². The molecular weight excluding hydrogens is 208 g/mol. The summed E-state index contributed by atoms with van der Waals surface area (Å²) in [7, 11) is 0. The van der Waals surface area contributed by atoms with Crippen LogP contribution in [0.3, 0.4) is 0 Å². The first-order chi connectivity index (χ1) is 8.24. The quantitative estimate of drug-likeness (QED) is 0.618. The van der Waals surface area contributed by atoms with Gasteiger partial charge in [-0.2, -0.15) is 0 Å². The van der Waals surface area contributed by atoms with Gasteiger partial charge < -0.3 is 4.74 Å². The molecule has 0 spiro atoms. The fraction of sp³-hybridized carbons (Fsp3) is 0.750. The number of hydrogen-bond donors (Lipinski definition) is 0. The zero-order chi connectivity index (χ0) is 11.8. The molecule has 1 heteroatoms. The first-order valence-corrected chi connectivity index (χ1v) is 7.18. The predicted molar refractivity (Wildman–Crippen MR) is 70.8 cm³/mol. The van der Waals surface area contributed by atoms with E-state index in [1.807, 2.05) is 0 Å². The second-order valence-electron chi connectivity index (χ2n) is 6.27. The van der Waals surface area contributed by atoms with E-state index in [0.717, 1.165) is 24.4 Å². The van der Waals surface area contributed by atoms with Crippen LogP contribution in [0, 0.1) is 17.8 Å². The van der Waals surface area contributed by atoms with E-state index in [1.165, 1.54) is 32.1 Å². The van der Waals surface area contributed by atoms with Gasteiger partial charge in [-0.05, 0) is 57.8 Å². The Morgan fingerprint density at radius 1 is 1.18 bits per heavy atom. The summed E-state index contributed by atoms with van der Waals surface area (Å²) in [4.78, 5) is 0. The summed E-state index contributed by atoms with van der Waals surface area (Å²) in [6, 6.07) is 0. The van der Waals surface area contributed by atoms with E-state index in [1.54, 1.807) is 11.1 Å². The van der Waals surface area contributed by atoms with Crippen molar-refractivity contribution in [1.82, 2.24) is 0 Å². The van der Waals surface area contributed by atoms with Crippen molar-refractivity contribution >= 4 is 0 Å². The fourth-order valence-corrected chi connectivity index (χ4v) is 3.79. The van der Waals surface area contributed by atoms with Crippen LogP contribution < -0.4 is 0 Å². The van der Waals surface area contributed by atoms with Crippen LogP contribution in [0.5, 0.6) is 0 Å². The lowest BCUT2D eigenvalue weighted by Gasteiger charge is -2.44. The second-order valence-corrected chi connectivity index (χ2v) is 6.27. The summed E-state index contributed by atoms with van der Waals surface area (Å²) in [5, 5.41) is 0. The molecule has 4 atom stereocenters. The van der Waals surface area contributed by atoms with Gasteiger partial charge in [-0.3, -0.25) is 0 Å². The highest BCUT2D eigenvalue weighted by atomic mass is 16.5. The van der Waals surface area contributed by atoms with Gasteiger partial charge in [-0.25, -0.2) is 0 Å². The molecule has 2 bridgehead atoms. The molecule has 0 N–H and O–H groups in total. The number of hydrogen-bond acceptors (Lipinski definition) is 1. The van der Waals surface area contributed by atoms with Gasteiger partial charge in [0.15, 0.2) is 0 Å². The summed E-state index contributed by atoms with van der Waals surface area (Å²) in [6.07, 6.45) is 11.9. The third-order valence-electron chi connectivity index (χ3n) is 5.01. The van der Waals surface area contributed by atoms with Crippen LogP contribution in [0.15, 0.2) is 23.3 Å². The Morgan fingerprint density at radius 2 is 2.06 bits per heavy atom. The van der Waals surface area contributed by atoms with E-state index in [0.29, 0.717) is 6.10 Å². The molecule has 3 rings (SSSR count). The van der Waals surface area contributed by atoms with Crippen molar-refractivity contribution in [2.75, 3.05) is 6.61 Å². The van der Waals surface area contributed by atoms with E-state index in [-0.39, 0.29) is 0 Å². The highest BCUT2D eigenvalue weighted by molar-refractivity contribution is 5.14. The highest BCUT2D eigenvalue weighted by Crippen LogP contribution is 2.42. The van der Waals surface area contributed by atoms with Crippen LogP contribution in [-0.2, 0) is 4.74 Å². The van der Waals surface area contributed by atoms with Gasteiger partial charge in [0, 0.05) is 5.92 Å². The molecule has 2 aliphatic carbocycles. The Balaban J connectivity index is 1.75. The summed E-state index contributed by atoms with van der Waals surface area (Å²) in [6.45, 7) is 5.58. The SMILES string of the molecule is CC1=CC[C@@H]([C@H]2OC[C@@H]3CC=C(C)[C@H]2C3)CC1. The molecule has 0 aromatic carbocycles. The number of rotatable bonds is 1. The number of fused-ring (bicyclic) bond motifs is 2. The lowest BCUT2D eigenvalue weighted by molar-refractivity contribution is -0.0807. The Hall–Kier alpha value is -0.560. The van der Waals surface area contributed by atoms with Crippen molar-refractivity contribution in [3.63, 3.8) is 0 Å². The fourth-order valence-electron chi connectivity index (χ4n) is 3.79. The molecule has 0 saturated carbocycles. The zero-order valence-corrected chi connectivity index (χ0v) is 11.1. The molecule has 3 aliphatic rings. The predicted octanol–water partition coefficient (Wildman–Crippen LogP) is 4.10. The smallest absolute Gasteiger partial charge is 0.0671 e. The largest absolute Gasteiger partial charge is 0.377 e. The van der Waals surface area contributed by atoms with Gasteiger partial charge in [0.1, 0.15) is 0 Å². The van der Waals surface area contributed by atoms with Crippen molar-refractivity contribution in [2.45, 2.75) is 52.1 Å². The van der Waals surface area contributed by atoms with Crippen LogP contribution in [0.1, 0.15) is 46.0 Å². The molecule has 1 heterocycles. The van der Waals surface area contributed by atoms with Crippen molar-refractivity contribution in [1.29, 1.82) is 0 Å². The first kappa shape index (κ1) is 11.5. The molecule has 1 nitrogen and oxygen atoms in total. The number of ether oxygens (including phenoxy) is 1. The third-order valence-corrected chi connectivity index (χ3v) is 5.01. The minimum Gasteiger partial charge on any atom is -0.377 e. The van der Waals surface area contributed by atoms with Gasteiger partial charge in [0.05, 0.1) is 12.7 Å². The van der Waals surface area contributed by atoms with E-state index < -0.39 is 0 Å². The minimum absolute atomic E-state index is 0.507. The molecular formula is C16H24O. The monoisotopic (exact) mass is 232 g/mol. The van der Waals surface area contributed by atoms with Crippen LogP contribution in [0.2, 0.25) is 0 Å². The van der Waals surface area contributed by atoms with Gasteiger partial charge in [0.2, 0.25) is 0 Å². The molecule has 94 valence electrons. The van der Waals surface area contributed by atoms with Crippen molar-refractivity contribution in [3.8, 4) is 0 Å². The molecule has 1 saturated heterocycles. The molecule has 17 heavy (non-hydrogen) atoms. The standard InChI is InChI=1S/C16H24O/c1-11-3-7-14(8-4-11)16-15-9-13(10-17-16)6-5-12(15)2/h3,5,13-16H,4,6-10H2,1-2H3/t13-,14-,15-,16-/m1/s1. The van der Waals surface area contributed by atoms with E-state index >= 15 is 0 Å². The van der Waals surface area contributed by atoms with Crippen LogP contribution >= 0.6 is 0 Å². The van der Waals surface area contributed by atoms with Gasteiger partial charge in [-0.15, -0.1) is 0 Å². The molecule has 0 aromatic rings. The van der Waals surface area contributed by atoms with Crippen molar-refractivity contribution < 1.29 is 4.74 Å². The van der Waals surface area contributed by atoms with Gasteiger partial charge in [0.25, 0.3) is 0 Å². The van der Waals surface area contributed by atoms with E-state index in [4.69, 9.17) is 4.74 Å². The summed E-state index contributed by atoms with van der Waals surface area (Å²) in [5.41, 5.74) is 3.17. The topological polar surface area (TPSA) is 9.23 Å². The zero-order valence-electron chi connectivity index (χ0n) is 11.1. The summed E-state index contributed by atoms with van der Waals surface area (Å²) < 4.78 is 6.22. The molecule has 0 amide bonds. The Labute approximate surface area is 105 Å².